The van der Waals surface area contributed by atoms with Gasteiger partial charge >= 0.3 is 0 Å². The van der Waals surface area contributed by atoms with Gasteiger partial charge in [0.05, 0.1) is 16.9 Å². The zero-order valence-electron chi connectivity index (χ0n) is 24.3. The normalized spacial score (nSPS) is 13.5. The first-order valence-corrected chi connectivity index (χ1v) is 19.3. The van der Waals surface area contributed by atoms with Crippen LogP contribution in [0.2, 0.25) is 18.1 Å². The first kappa shape index (κ1) is 32.8. The Bertz CT molecular complexity index is 1280. The minimum absolute atomic E-state index is 0. The molecule has 0 fully saturated rings. The van der Waals surface area contributed by atoms with Gasteiger partial charge in [0.2, 0.25) is 0 Å². The Hall–Kier alpha value is -1.70. The summed E-state index contributed by atoms with van der Waals surface area (Å²) in [6.07, 6.45) is 2.31. The number of hydrogen-bond acceptors (Lipinski definition) is 3. The molecule has 0 unspecified atom stereocenters. The lowest BCUT2D eigenvalue weighted by molar-refractivity contribution is -0.00000957. The van der Waals surface area contributed by atoms with Crippen molar-refractivity contribution in [1.29, 1.82) is 0 Å². The molecule has 0 aliphatic rings. The van der Waals surface area contributed by atoms with Gasteiger partial charge in [0, 0.05) is 11.8 Å². The zero-order chi connectivity index (χ0) is 28.1. The number of thiazole rings is 1. The van der Waals surface area contributed by atoms with E-state index in [1.807, 2.05) is 12.3 Å². The lowest BCUT2D eigenvalue weighted by atomic mass is 10.2. The third-order valence-corrected chi connectivity index (χ3v) is 17.5. The monoisotopic (exact) mass is 703 g/mol. The predicted molar refractivity (Wildman–Crippen MR) is 173 cm³/mol. The minimum atomic E-state index is -2.26. The average molecular weight is 704 g/mol. The van der Waals surface area contributed by atoms with Crippen molar-refractivity contribution >= 4 is 48.9 Å². The van der Waals surface area contributed by atoms with E-state index in [9.17, 15) is 0 Å². The lowest BCUT2D eigenvalue weighted by Crippen LogP contribution is -3.00. The number of rotatable bonds is 10. The molecule has 0 radical (unpaired) electrons. The molecule has 3 aromatic carbocycles. The molecule has 7 heteroatoms. The lowest BCUT2D eigenvalue weighted by Gasteiger charge is -2.39. The molecular formula is C33H40FINOPSSi. The van der Waals surface area contributed by atoms with Crippen molar-refractivity contribution in [2.45, 2.75) is 58.4 Å². The molecule has 1 atom stereocenters. The maximum atomic E-state index is 16.2. The van der Waals surface area contributed by atoms with Gasteiger partial charge in [0.25, 0.3) is 0 Å². The van der Waals surface area contributed by atoms with Crippen molar-refractivity contribution in [3.63, 3.8) is 0 Å². The number of benzene rings is 3. The zero-order valence-corrected chi connectivity index (χ0v) is 29.1. The Morgan fingerprint density at radius 1 is 0.900 bits per heavy atom. The number of aryl methyl sites for hydroxylation is 1. The van der Waals surface area contributed by atoms with Crippen LogP contribution in [0.5, 0.6) is 0 Å². The van der Waals surface area contributed by atoms with Crippen molar-refractivity contribution in [2.24, 2.45) is 0 Å². The molecule has 40 heavy (non-hydrogen) atoms. The average Bonchev–Trinajstić information content (AvgIpc) is 3.33. The number of hydrogen-bond donors (Lipinski definition) is 0. The van der Waals surface area contributed by atoms with Gasteiger partial charge in [-0.3, -0.25) is 0 Å². The molecule has 4 aromatic rings. The van der Waals surface area contributed by atoms with Crippen LogP contribution in [0.1, 0.15) is 37.9 Å². The second-order valence-electron chi connectivity index (χ2n) is 11.5. The van der Waals surface area contributed by atoms with Crippen LogP contribution in [0, 0.1) is 6.92 Å². The smallest absolute Gasteiger partial charge is 0.193 e. The van der Waals surface area contributed by atoms with Crippen LogP contribution in [0.4, 0.5) is 4.39 Å². The number of nitrogens with zero attached hydrogens (tertiary/aromatic N) is 1. The summed E-state index contributed by atoms with van der Waals surface area (Å²) >= 11 is 1.54. The van der Waals surface area contributed by atoms with Crippen LogP contribution >= 0.6 is 18.6 Å². The SMILES string of the molecule is Cc1nc(/C=C(/F)[C@H](CC[P+](c2ccccc2)(c2ccccc2)c2ccccc2)O[Si](C)(C)C(C)(C)C)cs1.[I-]. The molecule has 0 N–H and O–H groups in total. The summed E-state index contributed by atoms with van der Waals surface area (Å²) in [6, 6.07) is 32.3. The van der Waals surface area contributed by atoms with Crippen LogP contribution < -0.4 is 39.9 Å². The van der Waals surface area contributed by atoms with Crippen LogP contribution in [0.3, 0.4) is 0 Å². The maximum Gasteiger partial charge on any atom is 0.193 e. The van der Waals surface area contributed by atoms with E-state index >= 15 is 4.39 Å². The van der Waals surface area contributed by atoms with E-state index < -0.39 is 21.7 Å². The standard InChI is InChI=1S/C33H40FNOPSSi.HI/c1-26-35-27(25-38-26)24-31(34)32(36-39(5,6)33(2,3)4)22-23-37(28-16-10-7-11-17-28,29-18-12-8-13-19-29)30-20-14-9-15-21-30;/h7-21,24-25,32H,22-23H2,1-6H3;1H/q+1;/p-1/b31-24+;/t32-;/m0./s1. The van der Waals surface area contributed by atoms with Crippen molar-refractivity contribution in [1.82, 2.24) is 4.98 Å². The summed E-state index contributed by atoms with van der Waals surface area (Å²) < 4.78 is 23.0. The molecule has 4 rings (SSSR count). The molecule has 0 aliphatic carbocycles. The number of halogens is 2. The van der Waals surface area contributed by atoms with Gasteiger partial charge < -0.3 is 28.4 Å². The third kappa shape index (κ3) is 7.57. The van der Waals surface area contributed by atoms with E-state index in [-0.39, 0.29) is 34.8 Å². The molecule has 0 saturated carbocycles. The molecule has 0 amide bonds. The van der Waals surface area contributed by atoms with E-state index in [1.54, 1.807) is 6.08 Å². The van der Waals surface area contributed by atoms with E-state index in [1.165, 1.54) is 27.3 Å². The summed E-state index contributed by atoms with van der Waals surface area (Å²) in [5.41, 5.74) is 0.661. The molecule has 0 aliphatic heterocycles. The summed E-state index contributed by atoms with van der Waals surface area (Å²) in [6.45, 7) is 13.0. The molecule has 0 saturated heterocycles. The minimum Gasteiger partial charge on any atom is -1.00 e. The molecule has 0 spiro atoms. The van der Waals surface area contributed by atoms with Crippen LogP contribution in [-0.4, -0.2) is 25.6 Å². The Morgan fingerprint density at radius 2 is 1.35 bits per heavy atom. The second kappa shape index (κ2) is 14.0. The predicted octanol–water partition coefficient (Wildman–Crippen LogP) is 5.54. The van der Waals surface area contributed by atoms with Crippen LogP contribution in [0.25, 0.3) is 6.08 Å². The third-order valence-electron chi connectivity index (χ3n) is 7.79. The number of aromatic nitrogens is 1. The molecule has 1 heterocycles. The quantitative estimate of drug-likeness (QED) is 0.123. The molecule has 0 bridgehead atoms. The highest BCUT2D eigenvalue weighted by Crippen LogP contribution is 2.56. The van der Waals surface area contributed by atoms with Crippen molar-refractivity contribution in [3.8, 4) is 0 Å². The van der Waals surface area contributed by atoms with Gasteiger partial charge in [0.1, 0.15) is 35.1 Å². The Morgan fingerprint density at radius 3 is 1.73 bits per heavy atom. The summed E-state index contributed by atoms with van der Waals surface area (Å²) in [4.78, 5) is 4.49. The Labute approximate surface area is 262 Å². The Balaban J connectivity index is 0.00000441. The summed E-state index contributed by atoms with van der Waals surface area (Å²) in [7, 11) is -4.37. The second-order valence-corrected chi connectivity index (χ2v) is 21.0. The van der Waals surface area contributed by atoms with Crippen molar-refractivity contribution in [3.05, 3.63) is 113 Å². The highest BCUT2D eigenvalue weighted by Gasteiger charge is 2.47. The highest BCUT2D eigenvalue weighted by atomic mass is 127. The highest BCUT2D eigenvalue weighted by molar-refractivity contribution is 7.95. The van der Waals surface area contributed by atoms with Gasteiger partial charge in [-0.1, -0.05) is 75.4 Å². The van der Waals surface area contributed by atoms with E-state index in [2.05, 4.69) is 130 Å². The fourth-order valence-electron chi connectivity index (χ4n) is 4.66. The van der Waals surface area contributed by atoms with E-state index in [4.69, 9.17) is 4.43 Å². The van der Waals surface area contributed by atoms with E-state index in [0.717, 1.165) is 11.2 Å². The molecule has 1 aromatic heterocycles. The first-order chi connectivity index (χ1) is 18.5. The van der Waals surface area contributed by atoms with Crippen molar-refractivity contribution < 1.29 is 32.8 Å². The summed E-state index contributed by atoms with van der Waals surface area (Å²) in [5.74, 6) is -0.239. The van der Waals surface area contributed by atoms with Crippen LogP contribution in [-0.2, 0) is 4.43 Å². The summed E-state index contributed by atoms with van der Waals surface area (Å²) in [5, 5.41) is 6.70. The van der Waals surface area contributed by atoms with Gasteiger partial charge in [0.15, 0.2) is 8.32 Å². The van der Waals surface area contributed by atoms with Gasteiger partial charge in [-0.05, 0) is 67.5 Å². The maximum absolute atomic E-state index is 16.2. The topological polar surface area (TPSA) is 22.1 Å². The first-order valence-electron chi connectivity index (χ1n) is 13.5. The van der Waals surface area contributed by atoms with E-state index in [0.29, 0.717) is 12.1 Å². The molecule has 212 valence electrons. The van der Waals surface area contributed by atoms with Gasteiger partial charge in [-0.25, -0.2) is 9.37 Å². The Kier molecular flexibility index (Phi) is 11.5. The largest absolute Gasteiger partial charge is 1.00 e. The fourth-order valence-corrected chi connectivity index (χ4v) is 10.9. The van der Waals surface area contributed by atoms with Gasteiger partial charge in [-0.15, -0.1) is 11.3 Å². The molecular weight excluding hydrogens is 663 g/mol. The molecule has 2 nitrogen and oxygen atoms in total. The van der Waals surface area contributed by atoms with Crippen LogP contribution in [0.15, 0.2) is 102 Å². The van der Waals surface area contributed by atoms with Gasteiger partial charge in [-0.2, -0.15) is 0 Å². The fraction of sp³-hybridized carbons (Fsp3) is 0.303. The van der Waals surface area contributed by atoms with Crippen molar-refractivity contribution in [2.75, 3.05) is 6.16 Å².